The Kier molecular flexibility index (Phi) is 2.60. The fraction of sp³-hybridized carbons (Fsp3) is 0.364. The van der Waals surface area contributed by atoms with Crippen molar-refractivity contribution in [3.63, 3.8) is 0 Å². The normalized spacial score (nSPS) is 14.6. The molecule has 1 aliphatic carbocycles. The molecular weight excluding hydrogens is 206 g/mol. The van der Waals surface area contributed by atoms with Gasteiger partial charge >= 0.3 is 0 Å². The molecule has 1 aromatic heterocycles. The van der Waals surface area contributed by atoms with Crippen molar-refractivity contribution in [2.24, 2.45) is 11.7 Å². The molecule has 2 rings (SSSR count). The lowest BCUT2D eigenvalue weighted by molar-refractivity contribution is -0.117. The number of aryl methyl sites for hydroxylation is 1. The summed E-state index contributed by atoms with van der Waals surface area (Å²) in [6.07, 6.45) is 1.86. The van der Waals surface area contributed by atoms with E-state index in [1.54, 1.807) is 13.0 Å². The molecule has 1 fully saturated rings. The monoisotopic (exact) mass is 219 g/mol. The largest absolute Gasteiger partial charge is 0.366 e. The fourth-order valence-electron chi connectivity index (χ4n) is 1.45. The fourth-order valence-corrected chi connectivity index (χ4v) is 1.45. The van der Waals surface area contributed by atoms with Gasteiger partial charge in [-0.15, -0.1) is 0 Å². The molecule has 0 spiro atoms. The van der Waals surface area contributed by atoms with Gasteiger partial charge in [0.1, 0.15) is 5.82 Å². The number of rotatable bonds is 3. The van der Waals surface area contributed by atoms with E-state index in [0.717, 1.165) is 12.8 Å². The maximum Gasteiger partial charge on any atom is 0.248 e. The van der Waals surface area contributed by atoms with E-state index in [9.17, 15) is 9.59 Å². The van der Waals surface area contributed by atoms with Crippen LogP contribution in [0.4, 0.5) is 5.82 Å². The lowest BCUT2D eigenvalue weighted by Crippen LogP contribution is -2.17. The van der Waals surface area contributed by atoms with E-state index in [4.69, 9.17) is 5.73 Å². The van der Waals surface area contributed by atoms with Gasteiger partial charge in [0.25, 0.3) is 0 Å². The van der Waals surface area contributed by atoms with Crippen LogP contribution in [0.3, 0.4) is 0 Å². The smallest absolute Gasteiger partial charge is 0.248 e. The Hall–Kier alpha value is -1.91. The van der Waals surface area contributed by atoms with Crippen molar-refractivity contribution < 1.29 is 9.59 Å². The summed E-state index contributed by atoms with van der Waals surface area (Å²) in [5, 5.41) is 2.68. The SMILES string of the molecule is Cc1cc(C(N)=O)cc(NC(=O)C2CC2)n1. The maximum atomic E-state index is 11.5. The summed E-state index contributed by atoms with van der Waals surface area (Å²) in [5.41, 5.74) is 6.19. The number of hydrogen-bond acceptors (Lipinski definition) is 3. The van der Waals surface area contributed by atoms with Gasteiger partial charge in [-0.25, -0.2) is 4.98 Å². The molecule has 0 saturated heterocycles. The molecule has 5 nitrogen and oxygen atoms in total. The van der Waals surface area contributed by atoms with Gasteiger partial charge < -0.3 is 11.1 Å². The zero-order chi connectivity index (χ0) is 11.7. The minimum Gasteiger partial charge on any atom is -0.366 e. The first kappa shape index (κ1) is 10.6. The molecule has 2 amide bonds. The predicted octanol–water partition coefficient (Wildman–Crippen LogP) is 0.837. The van der Waals surface area contributed by atoms with Crippen LogP contribution in [0.25, 0.3) is 0 Å². The highest BCUT2D eigenvalue weighted by Crippen LogP contribution is 2.30. The molecule has 16 heavy (non-hydrogen) atoms. The Labute approximate surface area is 93.0 Å². The number of pyridine rings is 1. The third-order valence-corrected chi connectivity index (χ3v) is 2.44. The second-order valence-corrected chi connectivity index (χ2v) is 4.01. The molecule has 5 heteroatoms. The molecule has 0 atom stereocenters. The Balaban J connectivity index is 2.19. The summed E-state index contributed by atoms with van der Waals surface area (Å²) in [4.78, 5) is 26.6. The highest BCUT2D eigenvalue weighted by molar-refractivity contribution is 5.96. The lowest BCUT2D eigenvalue weighted by atomic mass is 10.2. The molecule has 0 radical (unpaired) electrons. The lowest BCUT2D eigenvalue weighted by Gasteiger charge is -2.06. The molecule has 0 bridgehead atoms. The topological polar surface area (TPSA) is 85.1 Å². The average molecular weight is 219 g/mol. The van der Waals surface area contributed by atoms with Gasteiger partial charge in [-0.3, -0.25) is 9.59 Å². The Bertz CT molecular complexity index is 453. The Morgan fingerprint density at radius 1 is 1.44 bits per heavy atom. The van der Waals surface area contributed by atoms with Crippen molar-refractivity contribution in [1.82, 2.24) is 4.98 Å². The molecule has 3 N–H and O–H groups in total. The van der Waals surface area contributed by atoms with E-state index in [2.05, 4.69) is 10.3 Å². The number of carbonyl (C=O) groups is 2. The quantitative estimate of drug-likeness (QED) is 0.789. The van der Waals surface area contributed by atoms with E-state index < -0.39 is 5.91 Å². The first-order valence-electron chi connectivity index (χ1n) is 5.15. The van der Waals surface area contributed by atoms with Crippen LogP contribution in [0.15, 0.2) is 12.1 Å². The van der Waals surface area contributed by atoms with Crippen molar-refractivity contribution in [3.8, 4) is 0 Å². The average Bonchev–Trinajstić information content (AvgIpc) is 2.99. The number of nitrogens with zero attached hydrogens (tertiary/aromatic N) is 1. The highest BCUT2D eigenvalue weighted by Gasteiger charge is 2.29. The van der Waals surface area contributed by atoms with Crippen LogP contribution in [-0.2, 0) is 4.79 Å². The number of nitrogens with one attached hydrogen (secondary N) is 1. The van der Waals surface area contributed by atoms with E-state index in [0.29, 0.717) is 17.1 Å². The van der Waals surface area contributed by atoms with Gasteiger partial charge in [0.15, 0.2) is 0 Å². The number of amides is 2. The van der Waals surface area contributed by atoms with Crippen LogP contribution in [0, 0.1) is 12.8 Å². The molecular formula is C11H13N3O2. The first-order chi connectivity index (χ1) is 7.56. The number of aromatic nitrogens is 1. The molecule has 84 valence electrons. The number of anilines is 1. The number of nitrogens with two attached hydrogens (primary N) is 1. The van der Waals surface area contributed by atoms with Gasteiger partial charge in [0.2, 0.25) is 11.8 Å². The van der Waals surface area contributed by atoms with Crippen molar-refractivity contribution in [2.75, 3.05) is 5.32 Å². The minimum atomic E-state index is -0.521. The summed E-state index contributed by atoms with van der Waals surface area (Å²) >= 11 is 0. The van der Waals surface area contributed by atoms with Gasteiger partial charge in [-0.05, 0) is 31.9 Å². The first-order valence-corrected chi connectivity index (χ1v) is 5.15. The summed E-state index contributed by atoms with van der Waals surface area (Å²) < 4.78 is 0. The molecule has 1 heterocycles. The molecule has 1 aromatic rings. The van der Waals surface area contributed by atoms with E-state index in [-0.39, 0.29) is 11.8 Å². The summed E-state index contributed by atoms with van der Waals surface area (Å²) in [6.45, 7) is 1.75. The van der Waals surface area contributed by atoms with Crippen LogP contribution in [0.1, 0.15) is 28.9 Å². The Morgan fingerprint density at radius 2 is 2.12 bits per heavy atom. The summed E-state index contributed by atoms with van der Waals surface area (Å²) in [5.74, 6) is -0.0500. The van der Waals surface area contributed by atoms with Gasteiger partial charge in [0.05, 0.1) is 0 Å². The van der Waals surface area contributed by atoms with Crippen molar-refractivity contribution >= 4 is 17.6 Å². The van der Waals surface area contributed by atoms with Crippen molar-refractivity contribution in [1.29, 1.82) is 0 Å². The van der Waals surface area contributed by atoms with E-state index in [1.165, 1.54) is 6.07 Å². The van der Waals surface area contributed by atoms with Crippen LogP contribution in [-0.4, -0.2) is 16.8 Å². The number of primary amides is 1. The molecule has 0 aliphatic heterocycles. The molecule has 0 unspecified atom stereocenters. The van der Waals surface area contributed by atoms with Crippen LogP contribution < -0.4 is 11.1 Å². The van der Waals surface area contributed by atoms with Crippen LogP contribution in [0.2, 0.25) is 0 Å². The van der Waals surface area contributed by atoms with Crippen LogP contribution >= 0.6 is 0 Å². The molecule has 1 saturated carbocycles. The van der Waals surface area contributed by atoms with E-state index >= 15 is 0 Å². The van der Waals surface area contributed by atoms with Crippen molar-refractivity contribution in [3.05, 3.63) is 23.4 Å². The third kappa shape index (κ3) is 2.36. The predicted molar refractivity (Wildman–Crippen MR) is 58.8 cm³/mol. The number of hydrogen-bond donors (Lipinski definition) is 2. The zero-order valence-corrected chi connectivity index (χ0v) is 8.99. The zero-order valence-electron chi connectivity index (χ0n) is 8.99. The van der Waals surface area contributed by atoms with Gasteiger partial charge in [-0.1, -0.05) is 0 Å². The van der Waals surface area contributed by atoms with Gasteiger partial charge in [0, 0.05) is 17.2 Å². The summed E-state index contributed by atoms with van der Waals surface area (Å²) in [7, 11) is 0. The second kappa shape index (κ2) is 3.92. The third-order valence-electron chi connectivity index (χ3n) is 2.44. The highest BCUT2D eigenvalue weighted by atomic mass is 16.2. The van der Waals surface area contributed by atoms with E-state index in [1.807, 2.05) is 0 Å². The minimum absolute atomic E-state index is 0.0338. The Morgan fingerprint density at radius 3 is 2.69 bits per heavy atom. The standard InChI is InChI=1S/C11H13N3O2/c1-6-4-8(10(12)15)5-9(13-6)14-11(16)7-2-3-7/h4-5,7H,2-3H2,1H3,(H2,12,15)(H,13,14,16). The maximum absolute atomic E-state index is 11.5. The second-order valence-electron chi connectivity index (χ2n) is 4.01. The molecule has 1 aliphatic rings. The number of carbonyl (C=O) groups excluding carboxylic acids is 2. The van der Waals surface area contributed by atoms with Crippen molar-refractivity contribution in [2.45, 2.75) is 19.8 Å². The van der Waals surface area contributed by atoms with Crippen LogP contribution in [0.5, 0.6) is 0 Å². The summed E-state index contributed by atoms with van der Waals surface area (Å²) in [6, 6.07) is 3.09. The van der Waals surface area contributed by atoms with Gasteiger partial charge in [-0.2, -0.15) is 0 Å². The molecule has 0 aromatic carbocycles.